The molecule has 0 aliphatic heterocycles. The fourth-order valence-corrected chi connectivity index (χ4v) is 3.40. The molecule has 4 nitrogen and oxygen atoms in total. The topological polar surface area (TPSA) is 57.6 Å². The van der Waals surface area contributed by atoms with Crippen molar-refractivity contribution < 1.29 is 14.7 Å². The van der Waals surface area contributed by atoms with E-state index in [2.05, 4.69) is 6.92 Å². The first-order chi connectivity index (χ1) is 12.6. The maximum Gasteiger partial charge on any atom is 0.335 e. The Morgan fingerprint density at radius 3 is 2.38 bits per heavy atom. The predicted molar refractivity (Wildman–Crippen MR) is 101 cm³/mol. The minimum atomic E-state index is -0.944. The molecule has 0 heterocycles. The van der Waals surface area contributed by atoms with Crippen LogP contribution in [-0.4, -0.2) is 27.9 Å². The zero-order valence-corrected chi connectivity index (χ0v) is 15.1. The fraction of sp³-hybridized carbons (Fsp3) is 0.364. The second-order valence-corrected chi connectivity index (χ2v) is 7.05. The van der Waals surface area contributed by atoms with Gasteiger partial charge in [0, 0.05) is 19.0 Å². The molecule has 1 unspecified atom stereocenters. The van der Waals surface area contributed by atoms with Gasteiger partial charge >= 0.3 is 5.97 Å². The number of amides is 1. The summed E-state index contributed by atoms with van der Waals surface area (Å²) >= 11 is 0. The molecule has 136 valence electrons. The number of carbonyl (C=O) groups is 2. The number of benzene rings is 2. The molecule has 1 atom stereocenters. The summed E-state index contributed by atoms with van der Waals surface area (Å²) in [5.41, 5.74) is 2.12. The number of nitrogens with zero attached hydrogens (tertiary/aromatic N) is 1. The van der Waals surface area contributed by atoms with Crippen molar-refractivity contribution in [3.8, 4) is 0 Å². The minimum absolute atomic E-state index is 0.0912. The van der Waals surface area contributed by atoms with E-state index in [1.54, 1.807) is 18.2 Å². The monoisotopic (exact) mass is 351 g/mol. The lowest BCUT2D eigenvalue weighted by molar-refractivity contribution is -0.134. The van der Waals surface area contributed by atoms with Crippen LogP contribution < -0.4 is 0 Å². The number of carboxylic acid groups (broad SMARTS) is 1. The average Bonchev–Trinajstić information content (AvgIpc) is 3.50. The molecule has 1 aliphatic carbocycles. The third-order valence-electron chi connectivity index (χ3n) is 5.17. The van der Waals surface area contributed by atoms with Gasteiger partial charge in [-0.25, -0.2) is 4.79 Å². The number of aryl methyl sites for hydroxylation is 1. The number of hydrogen-bond donors (Lipinski definition) is 1. The molecule has 26 heavy (non-hydrogen) atoms. The van der Waals surface area contributed by atoms with Gasteiger partial charge in [0.05, 0.1) is 5.56 Å². The van der Waals surface area contributed by atoms with Gasteiger partial charge in [0.2, 0.25) is 5.91 Å². The zero-order valence-electron chi connectivity index (χ0n) is 15.1. The van der Waals surface area contributed by atoms with Gasteiger partial charge in [0.15, 0.2) is 0 Å². The average molecular weight is 351 g/mol. The van der Waals surface area contributed by atoms with E-state index in [0.717, 1.165) is 5.56 Å². The van der Waals surface area contributed by atoms with E-state index < -0.39 is 5.97 Å². The summed E-state index contributed by atoms with van der Waals surface area (Å²) in [6.07, 6.45) is 3.14. The second kappa shape index (κ2) is 8.17. The molecule has 0 saturated heterocycles. The Morgan fingerprint density at radius 1 is 1.08 bits per heavy atom. The molecule has 0 aromatic heterocycles. The lowest BCUT2D eigenvalue weighted by atomic mass is 10.0. The molecular formula is C22H25NO3. The Balaban J connectivity index is 1.70. The standard InChI is InChI=1S/C22H25NO3/c1-16(18-11-12-18)23(15-17-7-3-2-4-8-17)21(24)14-13-19-9-5-6-10-20(19)22(25)26/h2-10,16,18H,11-15H2,1H3,(H,25,26). The van der Waals surface area contributed by atoms with Gasteiger partial charge in [0.25, 0.3) is 0 Å². The van der Waals surface area contributed by atoms with Crippen LogP contribution in [0.25, 0.3) is 0 Å². The zero-order chi connectivity index (χ0) is 18.5. The molecule has 1 N–H and O–H groups in total. The highest BCUT2D eigenvalue weighted by Crippen LogP contribution is 2.36. The third-order valence-corrected chi connectivity index (χ3v) is 5.17. The van der Waals surface area contributed by atoms with Crippen molar-refractivity contribution in [1.29, 1.82) is 0 Å². The predicted octanol–water partition coefficient (Wildman–Crippen LogP) is 4.14. The number of carboxylic acids is 1. The van der Waals surface area contributed by atoms with Crippen LogP contribution in [0.4, 0.5) is 0 Å². The Morgan fingerprint density at radius 2 is 1.73 bits per heavy atom. The molecule has 4 heteroatoms. The molecule has 0 radical (unpaired) electrons. The van der Waals surface area contributed by atoms with Crippen LogP contribution in [0.1, 0.15) is 47.7 Å². The highest BCUT2D eigenvalue weighted by Gasteiger charge is 2.34. The van der Waals surface area contributed by atoms with Crippen LogP contribution in [-0.2, 0) is 17.8 Å². The first-order valence-electron chi connectivity index (χ1n) is 9.21. The molecule has 0 bridgehead atoms. The van der Waals surface area contributed by atoms with Crippen LogP contribution in [0.2, 0.25) is 0 Å². The molecule has 1 aliphatic rings. The van der Waals surface area contributed by atoms with E-state index in [0.29, 0.717) is 30.9 Å². The highest BCUT2D eigenvalue weighted by molar-refractivity contribution is 5.89. The van der Waals surface area contributed by atoms with E-state index in [1.807, 2.05) is 41.3 Å². The summed E-state index contributed by atoms with van der Waals surface area (Å²) in [6, 6.07) is 17.2. The van der Waals surface area contributed by atoms with E-state index in [-0.39, 0.29) is 17.5 Å². The molecule has 3 rings (SSSR count). The second-order valence-electron chi connectivity index (χ2n) is 7.05. The van der Waals surface area contributed by atoms with Crippen molar-refractivity contribution >= 4 is 11.9 Å². The van der Waals surface area contributed by atoms with Gasteiger partial charge in [0.1, 0.15) is 0 Å². The third kappa shape index (κ3) is 4.51. The van der Waals surface area contributed by atoms with E-state index in [9.17, 15) is 14.7 Å². The maximum atomic E-state index is 13.0. The Labute approximate surface area is 154 Å². The minimum Gasteiger partial charge on any atom is -0.478 e. The van der Waals surface area contributed by atoms with Crippen LogP contribution in [0, 0.1) is 5.92 Å². The molecule has 0 spiro atoms. The van der Waals surface area contributed by atoms with Gasteiger partial charge in [-0.1, -0.05) is 48.5 Å². The van der Waals surface area contributed by atoms with Crippen LogP contribution >= 0.6 is 0 Å². The molecular weight excluding hydrogens is 326 g/mol. The molecule has 1 amide bonds. The fourth-order valence-electron chi connectivity index (χ4n) is 3.40. The first-order valence-corrected chi connectivity index (χ1v) is 9.21. The van der Waals surface area contributed by atoms with Crippen LogP contribution in [0.3, 0.4) is 0 Å². The summed E-state index contributed by atoms with van der Waals surface area (Å²) in [6.45, 7) is 2.74. The van der Waals surface area contributed by atoms with Crippen molar-refractivity contribution in [2.75, 3.05) is 0 Å². The smallest absolute Gasteiger partial charge is 0.335 e. The van der Waals surface area contributed by atoms with Gasteiger partial charge in [-0.2, -0.15) is 0 Å². The summed E-state index contributed by atoms with van der Waals surface area (Å²) in [7, 11) is 0. The van der Waals surface area contributed by atoms with E-state index >= 15 is 0 Å². The van der Waals surface area contributed by atoms with E-state index in [1.165, 1.54) is 12.8 Å². The SMILES string of the molecule is CC(C1CC1)N(Cc1ccccc1)C(=O)CCc1ccccc1C(=O)O. The maximum absolute atomic E-state index is 13.0. The van der Waals surface area contributed by atoms with Crippen molar-refractivity contribution in [3.05, 3.63) is 71.3 Å². The van der Waals surface area contributed by atoms with Gasteiger partial charge in [-0.15, -0.1) is 0 Å². The van der Waals surface area contributed by atoms with Gasteiger partial charge < -0.3 is 10.0 Å². The highest BCUT2D eigenvalue weighted by atomic mass is 16.4. The Hall–Kier alpha value is -2.62. The Kier molecular flexibility index (Phi) is 5.71. The van der Waals surface area contributed by atoms with Gasteiger partial charge in [-0.05, 0) is 49.3 Å². The summed E-state index contributed by atoms with van der Waals surface area (Å²) < 4.78 is 0. The van der Waals surface area contributed by atoms with Crippen molar-refractivity contribution in [2.24, 2.45) is 5.92 Å². The lowest BCUT2D eigenvalue weighted by Gasteiger charge is -2.30. The van der Waals surface area contributed by atoms with Crippen LogP contribution in [0.5, 0.6) is 0 Å². The van der Waals surface area contributed by atoms with Gasteiger partial charge in [-0.3, -0.25) is 4.79 Å². The number of aromatic carboxylic acids is 1. The normalized spacial score (nSPS) is 14.7. The number of rotatable bonds is 8. The number of hydrogen-bond acceptors (Lipinski definition) is 2. The summed E-state index contributed by atoms with van der Waals surface area (Å²) in [5, 5.41) is 9.31. The first kappa shape index (κ1) is 18.2. The largest absolute Gasteiger partial charge is 0.478 e. The molecule has 2 aromatic carbocycles. The molecule has 1 fully saturated rings. The summed E-state index contributed by atoms with van der Waals surface area (Å²) in [4.78, 5) is 26.3. The number of carbonyl (C=O) groups excluding carboxylic acids is 1. The van der Waals surface area contributed by atoms with Crippen molar-refractivity contribution in [2.45, 2.75) is 45.2 Å². The Bertz CT molecular complexity index is 768. The van der Waals surface area contributed by atoms with Crippen molar-refractivity contribution in [1.82, 2.24) is 4.90 Å². The quantitative estimate of drug-likeness (QED) is 0.777. The van der Waals surface area contributed by atoms with Crippen LogP contribution in [0.15, 0.2) is 54.6 Å². The lowest BCUT2D eigenvalue weighted by Crippen LogP contribution is -2.39. The van der Waals surface area contributed by atoms with Crippen molar-refractivity contribution in [3.63, 3.8) is 0 Å². The summed E-state index contributed by atoms with van der Waals surface area (Å²) in [5.74, 6) is -0.261. The molecule has 1 saturated carbocycles. The van der Waals surface area contributed by atoms with E-state index in [4.69, 9.17) is 0 Å². The molecule has 2 aromatic rings.